The van der Waals surface area contributed by atoms with Gasteiger partial charge in [-0.1, -0.05) is 30.0 Å². The highest BCUT2D eigenvalue weighted by atomic mass is 32.2. The first-order chi connectivity index (χ1) is 9.67. The molecule has 20 heavy (non-hydrogen) atoms. The normalized spacial score (nSPS) is 11.2. The number of halogens is 2. The van der Waals surface area contributed by atoms with Gasteiger partial charge in [-0.15, -0.1) is 0 Å². The number of rotatable bonds is 3. The summed E-state index contributed by atoms with van der Waals surface area (Å²) in [6, 6.07) is 12.1. The number of H-pyrrole nitrogens is 1. The highest BCUT2D eigenvalue weighted by Gasteiger charge is 2.13. The van der Waals surface area contributed by atoms with Crippen molar-refractivity contribution < 1.29 is 8.78 Å². The molecule has 0 aliphatic heterocycles. The Labute approximate surface area is 119 Å². The molecule has 0 unspecified atom stereocenters. The van der Waals surface area contributed by atoms with Gasteiger partial charge in [-0.05, 0) is 29.8 Å². The van der Waals surface area contributed by atoms with Gasteiger partial charge in [0.15, 0.2) is 0 Å². The molecule has 0 saturated carbocycles. The largest absolute Gasteiger partial charge is 0.349 e. The minimum Gasteiger partial charge on any atom is -0.349 e. The quantitative estimate of drug-likeness (QED) is 0.764. The van der Waals surface area contributed by atoms with E-state index in [0.717, 1.165) is 22.7 Å². The van der Waals surface area contributed by atoms with Crippen LogP contribution in [0.15, 0.2) is 52.4 Å². The maximum atomic E-state index is 13.9. The average Bonchev–Trinajstić information content (AvgIpc) is 2.85. The van der Waals surface area contributed by atoms with E-state index in [4.69, 9.17) is 5.73 Å². The van der Waals surface area contributed by atoms with Gasteiger partial charge in [0.2, 0.25) is 0 Å². The molecule has 2 nitrogen and oxygen atoms in total. The van der Waals surface area contributed by atoms with Crippen molar-refractivity contribution in [1.29, 1.82) is 0 Å². The highest BCUT2D eigenvalue weighted by Crippen LogP contribution is 2.33. The van der Waals surface area contributed by atoms with E-state index >= 15 is 0 Å². The number of hydrogen-bond acceptors (Lipinski definition) is 2. The topological polar surface area (TPSA) is 41.8 Å². The first-order valence-electron chi connectivity index (χ1n) is 6.11. The number of aromatic amines is 1. The number of aromatic nitrogens is 1. The minimum absolute atomic E-state index is 0.0197. The van der Waals surface area contributed by atoms with Crippen LogP contribution in [0.25, 0.3) is 10.9 Å². The Balaban J connectivity index is 1.98. The zero-order valence-electron chi connectivity index (χ0n) is 10.5. The van der Waals surface area contributed by atoms with E-state index in [1.165, 1.54) is 12.1 Å². The van der Waals surface area contributed by atoms with Gasteiger partial charge < -0.3 is 10.7 Å². The monoisotopic (exact) mass is 290 g/mol. The minimum atomic E-state index is -0.589. The fraction of sp³-hybridized carbons (Fsp3) is 0.0667. The van der Waals surface area contributed by atoms with Crippen LogP contribution in [0.3, 0.4) is 0 Å². The van der Waals surface area contributed by atoms with Gasteiger partial charge in [-0.3, -0.25) is 0 Å². The van der Waals surface area contributed by atoms with Crippen molar-refractivity contribution >= 4 is 22.7 Å². The van der Waals surface area contributed by atoms with Gasteiger partial charge in [-0.25, -0.2) is 8.78 Å². The van der Waals surface area contributed by atoms with Crippen LogP contribution in [0, 0.1) is 11.6 Å². The van der Waals surface area contributed by atoms with E-state index in [-0.39, 0.29) is 11.4 Å². The summed E-state index contributed by atoms with van der Waals surface area (Å²) in [6.45, 7) is 0.116. The maximum absolute atomic E-state index is 13.9. The van der Waals surface area contributed by atoms with Crippen LogP contribution in [-0.4, -0.2) is 4.98 Å². The number of fused-ring (bicyclic) bond motifs is 1. The zero-order valence-corrected chi connectivity index (χ0v) is 11.3. The molecule has 1 aromatic heterocycles. The molecular formula is C15H12F2N2S. The second-order valence-corrected chi connectivity index (χ2v) is 5.47. The average molecular weight is 290 g/mol. The van der Waals surface area contributed by atoms with Crippen molar-refractivity contribution in [2.45, 2.75) is 16.5 Å². The Hall–Kier alpha value is -1.85. The van der Waals surface area contributed by atoms with Crippen molar-refractivity contribution in [3.63, 3.8) is 0 Å². The van der Waals surface area contributed by atoms with E-state index in [2.05, 4.69) is 4.98 Å². The lowest BCUT2D eigenvalue weighted by molar-refractivity contribution is 0.537. The third kappa shape index (κ3) is 2.42. The van der Waals surface area contributed by atoms with Gasteiger partial charge in [0.25, 0.3) is 0 Å². The molecule has 0 fully saturated rings. The molecule has 0 bridgehead atoms. The van der Waals surface area contributed by atoms with Crippen LogP contribution >= 0.6 is 11.8 Å². The SMILES string of the molecule is NCc1cc(F)c(Sc2cc3ccccc3[nH]2)c(F)c1. The molecule has 0 saturated heterocycles. The number of hydrogen-bond donors (Lipinski definition) is 2. The second kappa shape index (κ2) is 5.26. The summed E-state index contributed by atoms with van der Waals surface area (Å²) < 4.78 is 27.8. The van der Waals surface area contributed by atoms with Gasteiger partial charge in [-0.2, -0.15) is 0 Å². The Kier molecular flexibility index (Phi) is 3.46. The number of para-hydroxylation sites is 1. The molecule has 0 aliphatic carbocycles. The first kappa shape index (κ1) is 13.1. The highest BCUT2D eigenvalue weighted by molar-refractivity contribution is 7.99. The fourth-order valence-corrected chi connectivity index (χ4v) is 2.92. The third-order valence-corrected chi connectivity index (χ3v) is 4.05. The Bertz CT molecular complexity index is 711. The Morgan fingerprint density at radius 2 is 1.75 bits per heavy atom. The number of nitrogens with one attached hydrogen (secondary N) is 1. The van der Waals surface area contributed by atoms with Crippen LogP contribution in [0.2, 0.25) is 0 Å². The summed E-state index contributed by atoms with van der Waals surface area (Å²) in [6.07, 6.45) is 0. The molecule has 2 aromatic carbocycles. The predicted octanol–water partition coefficient (Wildman–Crippen LogP) is 4.06. The van der Waals surface area contributed by atoms with E-state index in [0.29, 0.717) is 10.6 Å². The van der Waals surface area contributed by atoms with E-state index in [1.807, 2.05) is 30.3 Å². The molecule has 0 spiro atoms. The predicted molar refractivity (Wildman–Crippen MR) is 76.7 cm³/mol. The fourth-order valence-electron chi connectivity index (χ4n) is 2.04. The molecule has 0 radical (unpaired) electrons. The zero-order chi connectivity index (χ0) is 14.1. The van der Waals surface area contributed by atoms with Gasteiger partial charge in [0.05, 0.1) is 9.92 Å². The summed E-state index contributed by atoms with van der Waals surface area (Å²) in [4.78, 5) is 3.11. The third-order valence-electron chi connectivity index (χ3n) is 3.01. The molecule has 1 heterocycles. The molecule has 0 aliphatic rings. The standard InChI is InChI=1S/C15H12F2N2S/c16-11-5-9(8-18)6-12(17)15(11)20-14-7-10-3-1-2-4-13(10)19-14/h1-7,19H,8,18H2. The Morgan fingerprint density at radius 3 is 2.40 bits per heavy atom. The lowest BCUT2D eigenvalue weighted by atomic mass is 10.2. The maximum Gasteiger partial charge on any atom is 0.140 e. The first-order valence-corrected chi connectivity index (χ1v) is 6.92. The van der Waals surface area contributed by atoms with Crippen molar-refractivity contribution in [2.24, 2.45) is 5.73 Å². The number of benzene rings is 2. The summed E-state index contributed by atoms with van der Waals surface area (Å²) in [5, 5.41) is 1.71. The van der Waals surface area contributed by atoms with Crippen LogP contribution in [-0.2, 0) is 6.54 Å². The van der Waals surface area contributed by atoms with Gasteiger partial charge in [0, 0.05) is 17.4 Å². The van der Waals surface area contributed by atoms with Crippen LogP contribution in [0.1, 0.15) is 5.56 Å². The lowest BCUT2D eigenvalue weighted by Crippen LogP contribution is -1.99. The van der Waals surface area contributed by atoms with Gasteiger partial charge >= 0.3 is 0 Å². The molecule has 102 valence electrons. The Morgan fingerprint density at radius 1 is 1.05 bits per heavy atom. The molecular weight excluding hydrogens is 278 g/mol. The van der Waals surface area contributed by atoms with E-state index in [1.54, 1.807) is 0 Å². The van der Waals surface area contributed by atoms with Crippen LogP contribution in [0.4, 0.5) is 8.78 Å². The van der Waals surface area contributed by atoms with Gasteiger partial charge in [0.1, 0.15) is 11.6 Å². The van der Waals surface area contributed by atoms with E-state index in [9.17, 15) is 8.78 Å². The van der Waals surface area contributed by atoms with Crippen LogP contribution in [0.5, 0.6) is 0 Å². The second-order valence-electron chi connectivity index (χ2n) is 4.42. The molecule has 0 amide bonds. The van der Waals surface area contributed by atoms with Crippen molar-refractivity contribution in [3.05, 3.63) is 59.7 Å². The van der Waals surface area contributed by atoms with Crippen molar-refractivity contribution in [3.8, 4) is 0 Å². The molecule has 3 rings (SSSR count). The van der Waals surface area contributed by atoms with Crippen LogP contribution < -0.4 is 5.73 Å². The summed E-state index contributed by atoms with van der Waals surface area (Å²) in [5.74, 6) is -1.18. The summed E-state index contributed by atoms with van der Waals surface area (Å²) in [7, 11) is 0. The smallest absolute Gasteiger partial charge is 0.140 e. The molecule has 0 atom stereocenters. The molecule has 3 aromatic rings. The molecule has 3 N–H and O–H groups in total. The van der Waals surface area contributed by atoms with Crippen molar-refractivity contribution in [2.75, 3.05) is 0 Å². The van der Waals surface area contributed by atoms with Crippen molar-refractivity contribution in [1.82, 2.24) is 4.98 Å². The summed E-state index contributed by atoms with van der Waals surface area (Å²) in [5.41, 5.74) is 6.78. The summed E-state index contributed by atoms with van der Waals surface area (Å²) >= 11 is 1.04. The lowest BCUT2D eigenvalue weighted by Gasteiger charge is -2.05. The molecule has 5 heteroatoms. The number of nitrogens with two attached hydrogens (primary N) is 1. The van der Waals surface area contributed by atoms with E-state index < -0.39 is 11.6 Å².